The van der Waals surface area contributed by atoms with Crippen molar-refractivity contribution in [1.29, 1.82) is 0 Å². The first-order valence-electron chi connectivity index (χ1n) is 10.0. The van der Waals surface area contributed by atoms with Gasteiger partial charge in [0.15, 0.2) is 10.8 Å². The molecule has 0 aromatic carbocycles. The highest BCUT2D eigenvalue weighted by Gasteiger charge is 2.53. The summed E-state index contributed by atoms with van der Waals surface area (Å²) < 4.78 is 1.74. The molecule has 1 amide bonds. The van der Waals surface area contributed by atoms with Crippen molar-refractivity contribution in [2.75, 3.05) is 5.75 Å². The van der Waals surface area contributed by atoms with Gasteiger partial charge in [0.1, 0.15) is 0 Å². The van der Waals surface area contributed by atoms with Crippen LogP contribution in [0.3, 0.4) is 0 Å². The standard InChI is InChI=1S/C20H24Cl2N4OS/c1-11(20-6-12-2-13(7-20)4-14(3-12)8-20)23-17(27)10-28-19-25-24-18-16(22)5-15(21)9-26(18)19/h5,9,11-14H,2-4,6-8,10H2,1H3,(H,23,27)/t11-,12?,13?,14?,20?/m0/s1. The Morgan fingerprint density at radius 3 is 2.54 bits per heavy atom. The van der Waals surface area contributed by atoms with E-state index >= 15 is 0 Å². The third-order valence-corrected chi connectivity index (χ3v) is 8.54. The van der Waals surface area contributed by atoms with Crippen molar-refractivity contribution < 1.29 is 4.79 Å². The van der Waals surface area contributed by atoms with Gasteiger partial charge in [-0.25, -0.2) is 0 Å². The SMILES string of the molecule is C[C@H](NC(=O)CSc1nnc2c(Cl)cc(Cl)cn12)C12CC3CC(CC(C3)C1)C2. The first-order valence-corrected chi connectivity index (χ1v) is 11.8. The van der Waals surface area contributed by atoms with E-state index in [-0.39, 0.29) is 11.9 Å². The zero-order valence-electron chi connectivity index (χ0n) is 15.8. The van der Waals surface area contributed by atoms with Crippen LogP contribution in [-0.4, -0.2) is 32.3 Å². The minimum Gasteiger partial charge on any atom is -0.352 e. The summed E-state index contributed by atoms with van der Waals surface area (Å²) in [4.78, 5) is 12.7. The van der Waals surface area contributed by atoms with E-state index in [1.807, 2.05) is 0 Å². The number of nitrogens with one attached hydrogen (secondary N) is 1. The number of pyridine rings is 1. The fourth-order valence-electron chi connectivity index (χ4n) is 6.28. The number of hydrogen-bond acceptors (Lipinski definition) is 4. The van der Waals surface area contributed by atoms with Crippen molar-refractivity contribution in [2.24, 2.45) is 23.2 Å². The van der Waals surface area contributed by atoms with E-state index in [4.69, 9.17) is 23.2 Å². The van der Waals surface area contributed by atoms with E-state index in [1.165, 1.54) is 50.3 Å². The van der Waals surface area contributed by atoms with Crippen molar-refractivity contribution >= 4 is 46.5 Å². The molecule has 4 bridgehead atoms. The molecule has 0 aliphatic heterocycles. The maximum atomic E-state index is 12.7. The Kier molecular flexibility index (Phi) is 4.80. The van der Waals surface area contributed by atoms with Crippen LogP contribution in [-0.2, 0) is 4.79 Å². The van der Waals surface area contributed by atoms with Gasteiger partial charge in [0.2, 0.25) is 5.91 Å². The molecule has 4 aliphatic rings. The molecule has 8 heteroatoms. The zero-order valence-corrected chi connectivity index (χ0v) is 18.2. The topological polar surface area (TPSA) is 59.3 Å². The van der Waals surface area contributed by atoms with Crippen molar-refractivity contribution in [3.63, 3.8) is 0 Å². The van der Waals surface area contributed by atoms with Crippen LogP contribution in [0, 0.1) is 23.2 Å². The van der Waals surface area contributed by atoms with E-state index in [1.54, 1.807) is 16.7 Å². The number of hydrogen-bond donors (Lipinski definition) is 1. The summed E-state index contributed by atoms with van der Waals surface area (Å²) in [6.07, 6.45) is 9.85. The maximum Gasteiger partial charge on any atom is 0.230 e. The van der Waals surface area contributed by atoms with Gasteiger partial charge in [0.25, 0.3) is 0 Å². The Morgan fingerprint density at radius 2 is 1.89 bits per heavy atom. The second-order valence-corrected chi connectivity index (χ2v) is 10.8. The van der Waals surface area contributed by atoms with Gasteiger partial charge in [0.05, 0.1) is 15.8 Å². The van der Waals surface area contributed by atoms with Crippen LogP contribution in [0.25, 0.3) is 5.65 Å². The van der Waals surface area contributed by atoms with E-state index < -0.39 is 0 Å². The Morgan fingerprint density at radius 1 is 1.25 bits per heavy atom. The summed E-state index contributed by atoms with van der Waals surface area (Å²) in [5, 5.41) is 13.1. The highest BCUT2D eigenvalue weighted by Crippen LogP contribution is 2.61. The molecule has 150 valence electrons. The lowest BCUT2D eigenvalue weighted by Crippen LogP contribution is -2.56. The Balaban J connectivity index is 1.24. The molecule has 1 N–H and O–H groups in total. The van der Waals surface area contributed by atoms with Crippen LogP contribution in [0.2, 0.25) is 10.0 Å². The average molecular weight is 439 g/mol. The first kappa shape index (κ1) is 19.0. The molecule has 5 nitrogen and oxygen atoms in total. The summed E-state index contributed by atoms with van der Waals surface area (Å²) in [7, 11) is 0. The van der Waals surface area contributed by atoms with Gasteiger partial charge in [-0.3, -0.25) is 9.20 Å². The van der Waals surface area contributed by atoms with E-state index in [2.05, 4.69) is 22.4 Å². The smallest absolute Gasteiger partial charge is 0.230 e. The molecule has 28 heavy (non-hydrogen) atoms. The van der Waals surface area contributed by atoms with Gasteiger partial charge in [-0.15, -0.1) is 10.2 Å². The zero-order chi connectivity index (χ0) is 19.5. The molecule has 2 heterocycles. The van der Waals surface area contributed by atoms with Gasteiger partial charge < -0.3 is 5.32 Å². The molecule has 0 saturated heterocycles. The summed E-state index contributed by atoms with van der Waals surface area (Å²) in [6.45, 7) is 2.21. The molecular formula is C20H24Cl2N4OS. The van der Waals surface area contributed by atoms with Crippen LogP contribution in [0.4, 0.5) is 0 Å². The lowest BCUT2D eigenvalue weighted by molar-refractivity contribution is -0.123. The second kappa shape index (κ2) is 7.06. The number of carbonyl (C=O) groups is 1. The molecule has 2 aromatic heterocycles. The van der Waals surface area contributed by atoms with Crippen molar-refractivity contribution in [3.8, 4) is 0 Å². The first-order chi connectivity index (χ1) is 13.4. The summed E-state index contributed by atoms with van der Waals surface area (Å²) in [6, 6.07) is 1.87. The van der Waals surface area contributed by atoms with Crippen molar-refractivity contribution in [2.45, 2.75) is 56.6 Å². The normalized spacial score (nSPS) is 32.0. The molecular weight excluding hydrogens is 415 g/mol. The lowest BCUT2D eigenvalue weighted by atomic mass is 9.48. The third-order valence-electron chi connectivity index (χ3n) is 7.11. The Labute approximate surface area is 178 Å². The summed E-state index contributed by atoms with van der Waals surface area (Å²) >= 11 is 13.6. The number of halogens is 2. The minimum absolute atomic E-state index is 0.0538. The Bertz CT molecular complexity index is 895. The predicted molar refractivity (Wildman–Crippen MR) is 112 cm³/mol. The fraction of sp³-hybridized carbons (Fsp3) is 0.650. The number of thioether (sulfide) groups is 1. The van der Waals surface area contributed by atoms with Crippen LogP contribution >= 0.6 is 35.0 Å². The average Bonchev–Trinajstić information content (AvgIpc) is 3.02. The van der Waals surface area contributed by atoms with Gasteiger partial charge in [-0.1, -0.05) is 35.0 Å². The maximum absolute atomic E-state index is 12.7. The monoisotopic (exact) mass is 438 g/mol. The second-order valence-electron chi connectivity index (χ2n) is 9.04. The third kappa shape index (κ3) is 3.31. The number of rotatable bonds is 5. The molecule has 0 unspecified atom stereocenters. The molecule has 2 aromatic rings. The molecule has 4 fully saturated rings. The van der Waals surface area contributed by atoms with Gasteiger partial charge in [-0.2, -0.15) is 0 Å². The van der Waals surface area contributed by atoms with Crippen LogP contribution in [0.1, 0.15) is 45.4 Å². The quantitative estimate of drug-likeness (QED) is 0.677. The molecule has 1 atom stereocenters. The number of fused-ring (bicyclic) bond motifs is 1. The van der Waals surface area contributed by atoms with Crippen LogP contribution in [0.5, 0.6) is 0 Å². The van der Waals surface area contributed by atoms with E-state index in [0.717, 1.165) is 17.8 Å². The van der Waals surface area contributed by atoms with Crippen molar-refractivity contribution in [3.05, 3.63) is 22.3 Å². The number of nitrogens with zero attached hydrogens (tertiary/aromatic N) is 3. The highest BCUT2D eigenvalue weighted by molar-refractivity contribution is 7.99. The summed E-state index contributed by atoms with van der Waals surface area (Å²) in [5.74, 6) is 3.02. The summed E-state index contributed by atoms with van der Waals surface area (Å²) in [5.41, 5.74) is 0.869. The number of carbonyl (C=O) groups excluding carboxylic acids is 1. The molecule has 6 rings (SSSR count). The lowest BCUT2D eigenvalue weighted by Gasteiger charge is -2.59. The fourth-order valence-corrected chi connectivity index (χ4v) is 7.50. The van der Waals surface area contributed by atoms with Crippen LogP contribution < -0.4 is 5.32 Å². The molecule has 0 radical (unpaired) electrons. The Hall–Kier alpha value is -0.980. The largest absolute Gasteiger partial charge is 0.352 e. The highest BCUT2D eigenvalue weighted by atomic mass is 35.5. The van der Waals surface area contributed by atoms with Crippen molar-refractivity contribution in [1.82, 2.24) is 19.9 Å². The predicted octanol–water partition coefficient (Wildman–Crippen LogP) is 4.85. The van der Waals surface area contributed by atoms with Gasteiger partial charge in [0, 0.05) is 12.2 Å². The van der Waals surface area contributed by atoms with Crippen LogP contribution in [0.15, 0.2) is 17.4 Å². The minimum atomic E-state index is 0.0538. The molecule has 0 spiro atoms. The van der Waals surface area contributed by atoms with Gasteiger partial charge in [-0.05, 0) is 74.7 Å². The number of amides is 1. The molecule has 4 aliphatic carbocycles. The number of aromatic nitrogens is 3. The van der Waals surface area contributed by atoms with E-state index in [9.17, 15) is 4.79 Å². The van der Waals surface area contributed by atoms with E-state index in [0.29, 0.717) is 32.0 Å². The van der Waals surface area contributed by atoms with Gasteiger partial charge >= 0.3 is 0 Å². The molecule has 4 saturated carbocycles.